The second kappa shape index (κ2) is 6.25. The molecule has 5 heteroatoms. The number of ether oxygens (including phenoxy) is 1. The van der Waals surface area contributed by atoms with Gasteiger partial charge in [-0.3, -0.25) is 14.4 Å². The predicted molar refractivity (Wildman–Crippen MR) is 58.8 cm³/mol. The molecule has 0 fully saturated rings. The van der Waals surface area contributed by atoms with E-state index in [0.29, 0.717) is 6.61 Å². The van der Waals surface area contributed by atoms with Crippen molar-refractivity contribution in [2.24, 2.45) is 0 Å². The van der Waals surface area contributed by atoms with Crippen LogP contribution in [0.1, 0.15) is 40.5 Å². The predicted octanol–water partition coefficient (Wildman–Crippen LogP) is 0.813. The number of esters is 1. The molecule has 0 saturated carbocycles. The summed E-state index contributed by atoms with van der Waals surface area (Å²) in [4.78, 5) is 33.3. The monoisotopic (exact) mass is 229 g/mol. The SMILES string of the molecule is CCOC(=O)CC(C)(C)NC(=O)CC(C)=O. The van der Waals surface area contributed by atoms with E-state index < -0.39 is 5.54 Å². The van der Waals surface area contributed by atoms with E-state index >= 15 is 0 Å². The van der Waals surface area contributed by atoms with E-state index in [2.05, 4.69) is 5.32 Å². The number of Topliss-reactive ketones (excluding diaryl/α,β-unsaturated/α-hetero) is 1. The van der Waals surface area contributed by atoms with Gasteiger partial charge in [-0.05, 0) is 27.7 Å². The lowest BCUT2D eigenvalue weighted by Gasteiger charge is -2.24. The van der Waals surface area contributed by atoms with Crippen LogP contribution in [0, 0.1) is 0 Å². The third-order valence-electron chi connectivity index (χ3n) is 1.78. The Morgan fingerprint density at radius 2 is 1.81 bits per heavy atom. The Labute approximate surface area is 95.5 Å². The minimum atomic E-state index is -0.696. The van der Waals surface area contributed by atoms with Crippen LogP contribution in [0.5, 0.6) is 0 Å². The number of nitrogens with one attached hydrogen (secondary N) is 1. The van der Waals surface area contributed by atoms with E-state index in [1.165, 1.54) is 6.92 Å². The van der Waals surface area contributed by atoms with Crippen LogP contribution in [0.2, 0.25) is 0 Å². The molecule has 0 aliphatic rings. The summed E-state index contributed by atoms with van der Waals surface area (Å²) in [6.45, 7) is 6.80. The molecule has 5 nitrogen and oxygen atoms in total. The van der Waals surface area contributed by atoms with Gasteiger partial charge in [0.1, 0.15) is 5.78 Å². The van der Waals surface area contributed by atoms with Gasteiger partial charge in [0.05, 0.1) is 19.4 Å². The molecule has 0 saturated heterocycles. The quantitative estimate of drug-likeness (QED) is 0.540. The maximum absolute atomic E-state index is 11.3. The van der Waals surface area contributed by atoms with Crippen molar-refractivity contribution in [3.8, 4) is 0 Å². The van der Waals surface area contributed by atoms with Gasteiger partial charge in [-0.2, -0.15) is 0 Å². The van der Waals surface area contributed by atoms with Crippen molar-refractivity contribution in [3.05, 3.63) is 0 Å². The first-order valence-corrected chi connectivity index (χ1v) is 5.23. The molecule has 92 valence electrons. The van der Waals surface area contributed by atoms with Crippen molar-refractivity contribution in [2.75, 3.05) is 6.61 Å². The number of hydrogen-bond acceptors (Lipinski definition) is 4. The van der Waals surface area contributed by atoms with Gasteiger partial charge in [0.2, 0.25) is 5.91 Å². The lowest BCUT2D eigenvalue weighted by atomic mass is 10.0. The highest BCUT2D eigenvalue weighted by Gasteiger charge is 2.25. The minimum Gasteiger partial charge on any atom is -0.466 e. The molecule has 0 aromatic rings. The molecule has 0 radical (unpaired) electrons. The van der Waals surface area contributed by atoms with E-state index in [1.807, 2.05) is 0 Å². The fourth-order valence-corrected chi connectivity index (χ4v) is 1.26. The second-order valence-electron chi connectivity index (χ2n) is 4.29. The highest BCUT2D eigenvalue weighted by Crippen LogP contribution is 2.09. The van der Waals surface area contributed by atoms with E-state index in [-0.39, 0.29) is 30.5 Å². The van der Waals surface area contributed by atoms with E-state index in [0.717, 1.165) is 0 Å². The standard InChI is InChI=1S/C11H19NO4/c1-5-16-10(15)7-11(3,4)12-9(14)6-8(2)13/h5-7H2,1-4H3,(H,12,14). The summed E-state index contributed by atoms with van der Waals surface area (Å²) < 4.78 is 4.78. The zero-order valence-corrected chi connectivity index (χ0v) is 10.3. The van der Waals surface area contributed by atoms with Gasteiger partial charge >= 0.3 is 5.97 Å². The number of hydrogen-bond donors (Lipinski definition) is 1. The van der Waals surface area contributed by atoms with Gasteiger partial charge in [0, 0.05) is 5.54 Å². The summed E-state index contributed by atoms with van der Waals surface area (Å²) in [6.07, 6.45) is -0.0727. The number of rotatable bonds is 6. The molecule has 1 N–H and O–H groups in total. The Balaban J connectivity index is 4.17. The average molecular weight is 229 g/mol. The van der Waals surface area contributed by atoms with Crippen molar-refractivity contribution < 1.29 is 19.1 Å². The van der Waals surface area contributed by atoms with Gasteiger partial charge in [-0.1, -0.05) is 0 Å². The summed E-state index contributed by atoms with van der Waals surface area (Å²) in [7, 11) is 0. The maximum atomic E-state index is 11.3. The Hall–Kier alpha value is -1.39. The molecular formula is C11H19NO4. The third-order valence-corrected chi connectivity index (χ3v) is 1.78. The van der Waals surface area contributed by atoms with Crippen LogP contribution >= 0.6 is 0 Å². The summed E-state index contributed by atoms with van der Waals surface area (Å²) in [5, 5.41) is 2.62. The molecule has 0 bridgehead atoms. The maximum Gasteiger partial charge on any atom is 0.308 e. The topological polar surface area (TPSA) is 72.5 Å². The summed E-state index contributed by atoms with van der Waals surface area (Å²) in [6, 6.07) is 0. The fraction of sp³-hybridized carbons (Fsp3) is 0.727. The largest absolute Gasteiger partial charge is 0.466 e. The van der Waals surface area contributed by atoms with Gasteiger partial charge in [-0.25, -0.2) is 0 Å². The summed E-state index contributed by atoms with van der Waals surface area (Å²) >= 11 is 0. The number of amides is 1. The molecule has 1 amide bonds. The molecule has 0 unspecified atom stereocenters. The summed E-state index contributed by atoms with van der Waals surface area (Å²) in [5.41, 5.74) is -0.696. The van der Waals surface area contributed by atoms with Crippen LogP contribution in [0.25, 0.3) is 0 Å². The zero-order valence-electron chi connectivity index (χ0n) is 10.3. The summed E-state index contributed by atoms with van der Waals surface area (Å²) in [5.74, 6) is -0.943. The Morgan fingerprint density at radius 1 is 1.25 bits per heavy atom. The zero-order chi connectivity index (χ0) is 12.8. The van der Waals surface area contributed by atoms with Crippen LogP contribution in [0.3, 0.4) is 0 Å². The molecular weight excluding hydrogens is 210 g/mol. The van der Waals surface area contributed by atoms with Crippen LogP contribution in [0.15, 0.2) is 0 Å². The minimum absolute atomic E-state index is 0.0878. The van der Waals surface area contributed by atoms with Crippen molar-refractivity contribution >= 4 is 17.7 Å². The molecule has 0 atom stereocenters. The van der Waals surface area contributed by atoms with Crippen LogP contribution in [-0.4, -0.2) is 29.8 Å². The van der Waals surface area contributed by atoms with Gasteiger partial charge in [-0.15, -0.1) is 0 Å². The van der Waals surface area contributed by atoms with E-state index in [9.17, 15) is 14.4 Å². The van der Waals surface area contributed by atoms with Crippen molar-refractivity contribution in [1.29, 1.82) is 0 Å². The molecule has 0 aliphatic heterocycles. The van der Waals surface area contributed by atoms with Crippen molar-refractivity contribution in [3.63, 3.8) is 0 Å². The fourth-order valence-electron chi connectivity index (χ4n) is 1.26. The van der Waals surface area contributed by atoms with Crippen LogP contribution in [-0.2, 0) is 19.1 Å². The van der Waals surface area contributed by atoms with E-state index in [4.69, 9.17) is 4.74 Å². The second-order valence-corrected chi connectivity index (χ2v) is 4.29. The smallest absolute Gasteiger partial charge is 0.308 e. The molecule has 0 aliphatic carbocycles. The molecule has 0 spiro atoms. The Bertz CT molecular complexity index is 284. The van der Waals surface area contributed by atoms with Crippen molar-refractivity contribution in [1.82, 2.24) is 5.32 Å². The molecule has 16 heavy (non-hydrogen) atoms. The Morgan fingerprint density at radius 3 is 2.25 bits per heavy atom. The molecule has 0 heterocycles. The van der Waals surface area contributed by atoms with Crippen molar-refractivity contribution in [2.45, 2.75) is 46.1 Å². The third kappa shape index (κ3) is 6.98. The first-order valence-electron chi connectivity index (χ1n) is 5.23. The first kappa shape index (κ1) is 14.6. The normalized spacial score (nSPS) is 10.8. The highest BCUT2D eigenvalue weighted by atomic mass is 16.5. The molecule has 0 aromatic carbocycles. The lowest BCUT2D eigenvalue weighted by molar-refractivity contribution is -0.144. The van der Waals surface area contributed by atoms with Gasteiger partial charge in [0.15, 0.2) is 0 Å². The number of ketones is 1. The lowest BCUT2D eigenvalue weighted by Crippen LogP contribution is -2.45. The van der Waals surface area contributed by atoms with Crippen LogP contribution < -0.4 is 5.32 Å². The van der Waals surface area contributed by atoms with Crippen LogP contribution in [0.4, 0.5) is 0 Å². The number of carbonyl (C=O) groups is 3. The van der Waals surface area contributed by atoms with Gasteiger partial charge in [0.25, 0.3) is 0 Å². The average Bonchev–Trinajstić information content (AvgIpc) is 1.98. The first-order chi connectivity index (χ1) is 7.26. The molecule has 0 aromatic heterocycles. The number of carbonyl (C=O) groups excluding carboxylic acids is 3. The Kier molecular flexibility index (Phi) is 5.71. The molecule has 0 rings (SSSR count). The highest BCUT2D eigenvalue weighted by molar-refractivity contribution is 5.97. The van der Waals surface area contributed by atoms with Gasteiger partial charge < -0.3 is 10.1 Å². The van der Waals surface area contributed by atoms with E-state index in [1.54, 1.807) is 20.8 Å².